The Kier molecular flexibility index (Phi) is 5.76. The third-order valence-electron chi connectivity index (χ3n) is 2.72. The number of nitrogens with zero attached hydrogens (tertiary/aromatic N) is 1. The fraction of sp³-hybridized carbons (Fsp3) is 0.462. The lowest BCUT2D eigenvalue weighted by atomic mass is 10.2. The summed E-state index contributed by atoms with van der Waals surface area (Å²) in [7, 11) is 1.36. The number of benzene rings is 1. The van der Waals surface area contributed by atoms with E-state index in [1.807, 2.05) is 6.92 Å². The predicted octanol–water partition coefficient (Wildman–Crippen LogP) is 1.93. The molecule has 0 fully saturated rings. The summed E-state index contributed by atoms with van der Waals surface area (Å²) in [4.78, 5) is 22.3. The van der Waals surface area contributed by atoms with E-state index in [1.165, 1.54) is 13.2 Å². The van der Waals surface area contributed by atoms with Crippen molar-refractivity contribution in [1.82, 2.24) is 5.32 Å². The minimum Gasteiger partial charge on any atom is -0.490 e. The molecule has 0 heterocycles. The first-order valence-corrected chi connectivity index (χ1v) is 6.36. The van der Waals surface area contributed by atoms with Crippen molar-refractivity contribution in [3.05, 3.63) is 28.3 Å². The standard InChI is InChI=1S/C13H19N3O4/c1-4-8-14-13(17)9(2)15-10-6-5-7-11(20-3)12(10)16(18)19/h5-7,9,15H,4,8H2,1-3H3,(H,14,17). The summed E-state index contributed by atoms with van der Waals surface area (Å²) in [6, 6.07) is 4.10. The van der Waals surface area contributed by atoms with Crippen molar-refractivity contribution >= 4 is 17.3 Å². The minimum atomic E-state index is -0.577. The first kappa shape index (κ1) is 15.7. The lowest BCUT2D eigenvalue weighted by Gasteiger charge is -2.15. The van der Waals surface area contributed by atoms with Gasteiger partial charge < -0.3 is 15.4 Å². The van der Waals surface area contributed by atoms with Crippen molar-refractivity contribution in [1.29, 1.82) is 0 Å². The summed E-state index contributed by atoms with van der Waals surface area (Å²) < 4.78 is 4.97. The highest BCUT2D eigenvalue weighted by Crippen LogP contribution is 2.34. The van der Waals surface area contributed by atoms with Crippen LogP contribution in [-0.4, -0.2) is 30.5 Å². The maximum absolute atomic E-state index is 11.8. The van der Waals surface area contributed by atoms with Gasteiger partial charge in [-0.1, -0.05) is 13.0 Å². The molecule has 1 unspecified atom stereocenters. The van der Waals surface area contributed by atoms with E-state index in [4.69, 9.17) is 4.74 Å². The lowest BCUT2D eigenvalue weighted by molar-refractivity contribution is -0.384. The second-order valence-corrected chi connectivity index (χ2v) is 4.27. The first-order chi connectivity index (χ1) is 9.51. The first-order valence-electron chi connectivity index (χ1n) is 6.36. The maximum atomic E-state index is 11.8. The molecule has 0 radical (unpaired) electrons. The number of ether oxygens (including phenoxy) is 1. The number of rotatable bonds is 7. The van der Waals surface area contributed by atoms with Crippen molar-refractivity contribution in [2.24, 2.45) is 0 Å². The zero-order valence-corrected chi connectivity index (χ0v) is 11.8. The molecule has 2 N–H and O–H groups in total. The summed E-state index contributed by atoms with van der Waals surface area (Å²) in [6.07, 6.45) is 0.831. The van der Waals surface area contributed by atoms with Crippen LogP contribution in [0.3, 0.4) is 0 Å². The summed E-state index contributed by atoms with van der Waals surface area (Å²) in [5, 5.41) is 16.7. The second kappa shape index (κ2) is 7.32. The molecule has 110 valence electrons. The Balaban J connectivity index is 2.92. The molecule has 20 heavy (non-hydrogen) atoms. The molecule has 1 aromatic carbocycles. The highest BCUT2D eigenvalue weighted by molar-refractivity contribution is 5.85. The normalized spacial score (nSPS) is 11.6. The van der Waals surface area contributed by atoms with Crippen LogP contribution in [-0.2, 0) is 4.79 Å². The van der Waals surface area contributed by atoms with Gasteiger partial charge in [-0.2, -0.15) is 0 Å². The molecule has 7 heteroatoms. The number of hydrogen-bond donors (Lipinski definition) is 2. The Bertz CT molecular complexity index is 491. The van der Waals surface area contributed by atoms with Gasteiger partial charge in [-0.05, 0) is 25.5 Å². The van der Waals surface area contributed by atoms with Crippen LogP contribution in [0.5, 0.6) is 5.75 Å². The van der Waals surface area contributed by atoms with Crippen LogP contribution in [0.15, 0.2) is 18.2 Å². The van der Waals surface area contributed by atoms with E-state index in [1.54, 1.807) is 19.1 Å². The molecule has 1 rings (SSSR count). The number of carbonyl (C=O) groups is 1. The summed E-state index contributed by atoms with van der Waals surface area (Å²) >= 11 is 0. The van der Waals surface area contributed by atoms with Crippen LogP contribution in [0.1, 0.15) is 20.3 Å². The Morgan fingerprint density at radius 1 is 1.50 bits per heavy atom. The molecule has 1 aromatic rings. The molecule has 0 spiro atoms. The molecule has 1 atom stereocenters. The van der Waals surface area contributed by atoms with Gasteiger partial charge in [-0.25, -0.2) is 0 Å². The molecular weight excluding hydrogens is 262 g/mol. The Morgan fingerprint density at radius 3 is 2.75 bits per heavy atom. The molecule has 0 aliphatic carbocycles. The number of carbonyl (C=O) groups excluding carboxylic acids is 1. The highest BCUT2D eigenvalue weighted by atomic mass is 16.6. The van der Waals surface area contributed by atoms with Crippen LogP contribution in [0.25, 0.3) is 0 Å². The van der Waals surface area contributed by atoms with Crippen LogP contribution < -0.4 is 15.4 Å². The Hall–Kier alpha value is -2.31. The molecule has 1 amide bonds. The van der Waals surface area contributed by atoms with E-state index in [2.05, 4.69) is 10.6 Å². The Morgan fingerprint density at radius 2 is 2.20 bits per heavy atom. The topological polar surface area (TPSA) is 93.5 Å². The van der Waals surface area contributed by atoms with E-state index < -0.39 is 11.0 Å². The van der Waals surface area contributed by atoms with Gasteiger partial charge in [0.15, 0.2) is 5.75 Å². The summed E-state index contributed by atoms with van der Waals surface area (Å²) in [5.41, 5.74) is 0.0821. The number of nitro groups is 1. The van der Waals surface area contributed by atoms with Gasteiger partial charge >= 0.3 is 5.69 Å². The molecule has 0 aliphatic rings. The monoisotopic (exact) mass is 281 g/mol. The van der Waals surface area contributed by atoms with Gasteiger partial charge in [-0.3, -0.25) is 14.9 Å². The number of hydrogen-bond acceptors (Lipinski definition) is 5. The van der Waals surface area contributed by atoms with E-state index in [0.29, 0.717) is 6.54 Å². The zero-order valence-electron chi connectivity index (χ0n) is 11.8. The minimum absolute atomic E-state index is 0.154. The van der Waals surface area contributed by atoms with Crippen LogP contribution in [0.4, 0.5) is 11.4 Å². The predicted molar refractivity (Wildman–Crippen MR) is 76.0 cm³/mol. The van der Waals surface area contributed by atoms with Crippen molar-refractivity contribution in [3.8, 4) is 5.75 Å². The molecule has 0 bridgehead atoms. The largest absolute Gasteiger partial charge is 0.490 e. The van der Waals surface area contributed by atoms with Gasteiger partial charge in [0.25, 0.3) is 0 Å². The van der Waals surface area contributed by atoms with E-state index in [9.17, 15) is 14.9 Å². The Labute approximate surface area is 117 Å². The second-order valence-electron chi connectivity index (χ2n) is 4.27. The van der Waals surface area contributed by atoms with Gasteiger partial charge in [0.05, 0.1) is 12.0 Å². The number of nitro benzene ring substituents is 1. The van der Waals surface area contributed by atoms with Crippen LogP contribution in [0.2, 0.25) is 0 Å². The van der Waals surface area contributed by atoms with Gasteiger partial charge in [0, 0.05) is 6.54 Å². The van der Waals surface area contributed by atoms with E-state index >= 15 is 0 Å². The van der Waals surface area contributed by atoms with E-state index in [0.717, 1.165) is 6.42 Å². The third-order valence-corrected chi connectivity index (χ3v) is 2.72. The van der Waals surface area contributed by atoms with Crippen molar-refractivity contribution < 1.29 is 14.5 Å². The molecular formula is C13H19N3O4. The number of anilines is 1. The van der Waals surface area contributed by atoms with Gasteiger partial charge in [0.1, 0.15) is 11.7 Å². The third kappa shape index (κ3) is 3.84. The van der Waals surface area contributed by atoms with Gasteiger partial charge in [0.2, 0.25) is 5.91 Å². The summed E-state index contributed by atoms with van der Waals surface area (Å²) in [5.74, 6) is -0.0508. The maximum Gasteiger partial charge on any atom is 0.333 e. The number of para-hydroxylation sites is 1. The quantitative estimate of drug-likeness (QED) is 0.588. The van der Waals surface area contributed by atoms with Crippen molar-refractivity contribution in [2.45, 2.75) is 26.3 Å². The average molecular weight is 281 g/mol. The van der Waals surface area contributed by atoms with Gasteiger partial charge in [-0.15, -0.1) is 0 Å². The van der Waals surface area contributed by atoms with Crippen LogP contribution in [0, 0.1) is 10.1 Å². The lowest BCUT2D eigenvalue weighted by Crippen LogP contribution is -2.38. The molecule has 0 saturated carbocycles. The van der Waals surface area contributed by atoms with Crippen molar-refractivity contribution in [2.75, 3.05) is 19.0 Å². The SMILES string of the molecule is CCCNC(=O)C(C)Nc1cccc(OC)c1[N+](=O)[O-]. The zero-order chi connectivity index (χ0) is 15.1. The smallest absolute Gasteiger partial charge is 0.333 e. The number of methoxy groups -OCH3 is 1. The highest BCUT2D eigenvalue weighted by Gasteiger charge is 2.23. The molecule has 0 aromatic heterocycles. The number of amides is 1. The molecule has 7 nitrogen and oxygen atoms in total. The number of nitrogens with one attached hydrogen (secondary N) is 2. The summed E-state index contributed by atoms with van der Waals surface area (Å²) in [6.45, 7) is 4.17. The molecule has 0 saturated heterocycles. The fourth-order valence-electron chi connectivity index (χ4n) is 1.69. The van der Waals surface area contributed by atoms with Crippen LogP contribution >= 0.6 is 0 Å². The van der Waals surface area contributed by atoms with E-state index in [-0.39, 0.29) is 23.0 Å². The average Bonchev–Trinajstić information content (AvgIpc) is 2.43. The van der Waals surface area contributed by atoms with Crippen molar-refractivity contribution in [3.63, 3.8) is 0 Å². The molecule has 0 aliphatic heterocycles. The fourth-order valence-corrected chi connectivity index (χ4v) is 1.69.